The van der Waals surface area contributed by atoms with Gasteiger partial charge >= 0.3 is 6.18 Å². The standard InChI is InChI=1S/C28H31ClF3N3O3S/c1-25(2)23(22(36)12-7-13-28(30,31)32)33-24(34-25)26-16-27(17-26,18-26)35(15-19-8-6-9-20(29)14-19)39(37,38)21-10-4-3-5-11-21/h3-6,8-11,14,23H,7,12-13,15-18H2,1-2H3,(H,33,34)/t23-,26?,27?/m0/s1. The zero-order valence-corrected chi connectivity index (χ0v) is 23.3. The summed E-state index contributed by atoms with van der Waals surface area (Å²) in [6.07, 6.45) is -4.11. The van der Waals surface area contributed by atoms with E-state index in [9.17, 15) is 26.4 Å². The third-order valence-corrected chi connectivity index (χ3v) is 10.4. The third kappa shape index (κ3) is 5.23. The molecule has 1 heterocycles. The number of alkyl halides is 3. The van der Waals surface area contributed by atoms with Crippen molar-refractivity contribution in [1.82, 2.24) is 9.62 Å². The van der Waals surface area contributed by atoms with Crippen LogP contribution in [0.3, 0.4) is 0 Å². The van der Waals surface area contributed by atoms with Crippen LogP contribution in [0.4, 0.5) is 13.2 Å². The highest BCUT2D eigenvalue weighted by atomic mass is 35.5. The van der Waals surface area contributed by atoms with Crippen molar-refractivity contribution in [1.29, 1.82) is 0 Å². The van der Waals surface area contributed by atoms with E-state index in [0.29, 0.717) is 30.1 Å². The minimum absolute atomic E-state index is 0.166. The van der Waals surface area contributed by atoms with Gasteiger partial charge in [-0.15, -0.1) is 0 Å². The quantitative estimate of drug-likeness (QED) is 0.379. The van der Waals surface area contributed by atoms with Gasteiger partial charge in [0.15, 0.2) is 5.78 Å². The normalized spacial score (nSPS) is 27.4. The largest absolute Gasteiger partial charge is 0.389 e. The monoisotopic (exact) mass is 581 g/mol. The van der Waals surface area contributed by atoms with Crippen LogP contribution in [0.1, 0.15) is 57.9 Å². The summed E-state index contributed by atoms with van der Waals surface area (Å²) in [5.41, 5.74) is -0.927. The van der Waals surface area contributed by atoms with Gasteiger partial charge in [-0.05, 0) is 69.4 Å². The molecule has 6 rings (SSSR count). The van der Waals surface area contributed by atoms with E-state index in [4.69, 9.17) is 11.6 Å². The van der Waals surface area contributed by atoms with Crippen LogP contribution in [0.5, 0.6) is 0 Å². The molecule has 1 N–H and O–H groups in total. The second-order valence-corrected chi connectivity index (χ2v) is 14.0. The maximum absolute atomic E-state index is 13.8. The molecule has 0 aromatic heterocycles. The molecule has 0 radical (unpaired) electrons. The Kier molecular flexibility index (Phi) is 6.91. The van der Waals surface area contributed by atoms with Crippen LogP contribution in [0.15, 0.2) is 64.5 Å². The number of ketones is 1. The lowest BCUT2D eigenvalue weighted by Gasteiger charge is -2.73. The van der Waals surface area contributed by atoms with Gasteiger partial charge in [0, 0.05) is 35.4 Å². The lowest BCUT2D eigenvalue weighted by Crippen LogP contribution is -2.78. The Bertz CT molecular complexity index is 1390. The van der Waals surface area contributed by atoms with Crippen LogP contribution in [-0.4, -0.2) is 47.6 Å². The number of hydrogen-bond acceptors (Lipinski definition) is 5. The number of benzene rings is 2. The lowest BCUT2D eigenvalue weighted by molar-refractivity contribution is -0.151. The predicted molar refractivity (Wildman–Crippen MR) is 143 cm³/mol. The van der Waals surface area contributed by atoms with E-state index in [1.54, 1.807) is 52.8 Å². The van der Waals surface area contributed by atoms with Gasteiger partial charge in [-0.1, -0.05) is 41.9 Å². The topological polar surface area (TPSA) is 78.8 Å². The first-order valence-corrected chi connectivity index (χ1v) is 14.8. The van der Waals surface area contributed by atoms with Gasteiger partial charge in [0.1, 0.15) is 11.9 Å². The van der Waals surface area contributed by atoms with Crippen molar-refractivity contribution < 1.29 is 26.4 Å². The summed E-state index contributed by atoms with van der Waals surface area (Å²) >= 11 is 6.18. The Morgan fingerprint density at radius 2 is 1.77 bits per heavy atom. The molecular weight excluding hydrogens is 551 g/mol. The Morgan fingerprint density at radius 3 is 2.38 bits per heavy atom. The molecular formula is C28H31ClF3N3O3S. The van der Waals surface area contributed by atoms with Crippen LogP contribution in [0.25, 0.3) is 0 Å². The first-order chi connectivity index (χ1) is 18.2. The molecule has 1 atom stereocenters. The van der Waals surface area contributed by atoms with E-state index in [0.717, 1.165) is 5.56 Å². The number of aliphatic imine (C=N–C) groups is 1. The average molecular weight is 582 g/mol. The number of nitrogens with zero attached hydrogens (tertiary/aromatic N) is 2. The lowest BCUT2D eigenvalue weighted by atomic mass is 9.38. The Labute approximate surface area is 231 Å². The summed E-state index contributed by atoms with van der Waals surface area (Å²) in [6.45, 7) is 3.81. The first-order valence-electron chi connectivity index (χ1n) is 12.9. The zero-order valence-electron chi connectivity index (χ0n) is 21.8. The summed E-state index contributed by atoms with van der Waals surface area (Å²) < 4.78 is 66.9. The summed E-state index contributed by atoms with van der Waals surface area (Å²) in [5.74, 6) is 0.339. The van der Waals surface area contributed by atoms with Crippen molar-refractivity contribution in [3.8, 4) is 0 Å². The van der Waals surface area contributed by atoms with Crippen LogP contribution in [0, 0.1) is 5.41 Å². The van der Waals surface area contributed by atoms with Crippen molar-refractivity contribution in [3.05, 3.63) is 65.2 Å². The van der Waals surface area contributed by atoms with E-state index in [1.165, 1.54) is 0 Å². The summed E-state index contributed by atoms with van der Waals surface area (Å²) in [6, 6.07) is 14.7. The van der Waals surface area contributed by atoms with Gasteiger partial charge in [-0.2, -0.15) is 17.5 Å². The molecule has 0 amide bonds. The van der Waals surface area contributed by atoms with Crippen LogP contribution in [0.2, 0.25) is 5.02 Å². The molecule has 3 saturated carbocycles. The smallest absolute Gasteiger partial charge is 0.366 e. The number of carbonyl (C=O) groups is 1. The number of nitrogens with one attached hydrogen (secondary N) is 1. The van der Waals surface area contributed by atoms with Crippen LogP contribution < -0.4 is 5.32 Å². The number of halogens is 4. The second-order valence-electron chi connectivity index (χ2n) is 11.7. The number of carbonyl (C=O) groups excluding carboxylic acids is 1. The fraction of sp³-hybridized carbons (Fsp3) is 0.500. The maximum atomic E-state index is 13.8. The molecule has 2 aromatic carbocycles. The second kappa shape index (κ2) is 9.59. The zero-order chi connectivity index (χ0) is 28.3. The molecule has 3 fully saturated rings. The molecule has 210 valence electrons. The fourth-order valence-corrected chi connectivity index (χ4v) is 8.31. The van der Waals surface area contributed by atoms with Crippen LogP contribution >= 0.6 is 11.6 Å². The minimum Gasteiger partial charge on any atom is -0.366 e. The Balaban J connectivity index is 1.36. The van der Waals surface area contributed by atoms with Crippen molar-refractivity contribution >= 4 is 33.2 Å². The number of rotatable bonds is 10. The molecule has 0 saturated heterocycles. The maximum Gasteiger partial charge on any atom is 0.389 e. The van der Waals surface area contributed by atoms with Gasteiger partial charge in [0.05, 0.1) is 10.4 Å². The van der Waals surface area contributed by atoms with Gasteiger partial charge in [-0.3, -0.25) is 9.79 Å². The highest BCUT2D eigenvalue weighted by Gasteiger charge is 2.75. The van der Waals surface area contributed by atoms with E-state index in [-0.39, 0.29) is 35.5 Å². The summed E-state index contributed by atoms with van der Waals surface area (Å²) in [5, 5.41) is 3.88. The van der Waals surface area contributed by atoms with E-state index in [2.05, 4.69) is 10.3 Å². The van der Waals surface area contributed by atoms with Crippen molar-refractivity contribution in [2.24, 2.45) is 10.4 Å². The Morgan fingerprint density at radius 1 is 1.10 bits per heavy atom. The average Bonchev–Trinajstić information content (AvgIpc) is 3.11. The van der Waals surface area contributed by atoms with E-state index < -0.39 is 39.7 Å². The van der Waals surface area contributed by atoms with Gasteiger partial charge in [-0.25, -0.2) is 8.42 Å². The molecule has 0 unspecified atom stereocenters. The van der Waals surface area contributed by atoms with Gasteiger partial charge in [0.2, 0.25) is 10.0 Å². The Hall–Kier alpha value is -2.43. The van der Waals surface area contributed by atoms with Crippen LogP contribution in [-0.2, 0) is 21.4 Å². The first kappa shape index (κ1) is 28.1. The molecule has 2 bridgehead atoms. The fourth-order valence-electron chi connectivity index (χ4n) is 6.32. The minimum atomic E-state index is -4.30. The number of hydrogen-bond donors (Lipinski definition) is 1. The highest BCUT2D eigenvalue weighted by molar-refractivity contribution is 7.89. The number of sulfonamides is 1. The number of Topliss-reactive ketones (excluding diaryl/α,β-unsaturated/α-hetero) is 1. The van der Waals surface area contributed by atoms with Crippen molar-refractivity contribution in [2.75, 3.05) is 0 Å². The molecule has 4 aliphatic rings. The SMILES string of the molecule is CC1(C)NC(C23CC(N(Cc4cccc(Cl)c4)S(=O)(=O)c4ccccc4)(C2)C3)=N[C@H]1C(=O)CCCC(F)(F)F. The van der Waals surface area contributed by atoms with Crippen molar-refractivity contribution in [3.63, 3.8) is 0 Å². The predicted octanol–water partition coefficient (Wildman–Crippen LogP) is 5.90. The summed E-state index contributed by atoms with van der Waals surface area (Å²) in [4.78, 5) is 17.7. The molecule has 2 aromatic rings. The number of amidine groups is 1. The molecule has 1 aliphatic heterocycles. The van der Waals surface area contributed by atoms with Gasteiger partial charge < -0.3 is 5.32 Å². The molecule has 11 heteroatoms. The molecule has 39 heavy (non-hydrogen) atoms. The van der Waals surface area contributed by atoms with Gasteiger partial charge in [0.25, 0.3) is 0 Å². The highest BCUT2D eigenvalue weighted by Crippen LogP contribution is 2.71. The van der Waals surface area contributed by atoms with E-state index in [1.807, 2.05) is 19.9 Å². The summed E-state index contributed by atoms with van der Waals surface area (Å²) in [7, 11) is -3.83. The third-order valence-electron chi connectivity index (χ3n) is 8.15. The molecule has 6 nitrogen and oxygen atoms in total. The van der Waals surface area contributed by atoms with E-state index >= 15 is 0 Å². The molecule has 3 aliphatic carbocycles. The van der Waals surface area contributed by atoms with Crippen molar-refractivity contribution in [2.45, 2.75) is 87.1 Å². The molecule has 0 spiro atoms.